The van der Waals surface area contributed by atoms with Crippen LogP contribution in [0.5, 0.6) is 5.75 Å². The van der Waals surface area contributed by atoms with Crippen molar-refractivity contribution < 1.29 is 31.7 Å². The van der Waals surface area contributed by atoms with Crippen LogP contribution in [0.3, 0.4) is 0 Å². The van der Waals surface area contributed by atoms with Crippen LogP contribution in [0, 0.1) is 0 Å². The van der Waals surface area contributed by atoms with Gasteiger partial charge in [-0.05, 0) is 36.8 Å². The van der Waals surface area contributed by atoms with Crippen LogP contribution in [0.25, 0.3) is 0 Å². The van der Waals surface area contributed by atoms with E-state index in [1.165, 1.54) is 12.1 Å². The van der Waals surface area contributed by atoms with Crippen molar-refractivity contribution in [1.82, 2.24) is 5.32 Å². The summed E-state index contributed by atoms with van der Waals surface area (Å²) in [6.07, 6.45) is -4.94. The van der Waals surface area contributed by atoms with E-state index in [4.69, 9.17) is 4.18 Å². The van der Waals surface area contributed by atoms with Crippen molar-refractivity contribution in [2.45, 2.75) is 25.1 Å². The lowest BCUT2D eigenvalue weighted by Crippen LogP contribution is -2.32. The molecule has 0 aliphatic heterocycles. The zero-order chi connectivity index (χ0) is 19.9. The Bertz CT molecular complexity index is 784. The number of hydrogen-bond acceptors (Lipinski definition) is 5. The van der Waals surface area contributed by atoms with Gasteiger partial charge in [-0.2, -0.15) is 0 Å². The highest BCUT2D eigenvalue weighted by Gasteiger charge is 2.31. The molecule has 27 heavy (non-hydrogen) atoms. The highest BCUT2D eigenvalue weighted by molar-refractivity contribution is 7.95. The molecule has 0 bridgehead atoms. The lowest BCUT2D eigenvalue weighted by atomic mass is 10.1. The number of rotatable bonds is 7. The molecule has 0 spiro atoms. The van der Waals surface area contributed by atoms with Crippen LogP contribution in [0.4, 0.5) is 13.2 Å². The number of carbonyl (C=O) groups excluding carboxylic acids is 2. The van der Waals surface area contributed by atoms with Gasteiger partial charge in [0.15, 0.2) is 0 Å². The van der Waals surface area contributed by atoms with E-state index in [1.807, 2.05) is 0 Å². The summed E-state index contributed by atoms with van der Waals surface area (Å²) in [6, 6.07) is 13.5. The third kappa shape index (κ3) is 7.61. The van der Waals surface area contributed by atoms with Crippen LogP contribution in [0.1, 0.15) is 22.8 Å². The molecule has 0 saturated carbocycles. The van der Waals surface area contributed by atoms with E-state index in [0.717, 1.165) is 24.2 Å². The van der Waals surface area contributed by atoms with Gasteiger partial charge in [-0.3, -0.25) is 4.79 Å². The Morgan fingerprint density at radius 1 is 1.11 bits per heavy atom. The highest BCUT2D eigenvalue weighted by atomic mass is 32.2. The second-order valence-corrected chi connectivity index (χ2v) is 6.48. The predicted molar refractivity (Wildman–Crippen MR) is 93.9 cm³/mol. The molecule has 1 atom stereocenters. The lowest BCUT2D eigenvalue weighted by molar-refractivity contribution is -0.274. The molecule has 1 N–H and O–H groups in total. The number of carbonyl (C=O) groups is 2. The van der Waals surface area contributed by atoms with Gasteiger partial charge >= 0.3 is 12.3 Å². The van der Waals surface area contributed by atoms with Crippen molar-refractivity contribution in [3.8, 4) is 5.75 Å². The van der Waals surface area contributed by atoms with Crippen molar-refractivity contribution in [3.63, 3.8) is 0 Å². The lowest BCUT2D eigenvalue weighted by Gasteiger charge is -2.13. The summed E-state index contributed by atoms with van der Waals surface area (Å²) >= 11 is 0.774. The molecule has 2 aromatic carbocycles. The number of nitrogens with one attached hydrogen (secondary N) is 1. The molecule has 0 aromatic heterocycles. The van der Waals surface area contributed by atoms with Crippen molar-refractivity contribution in [3.05, 3.63) is 65.7 Å². The molecule has 9 heteroatoms. The molecule has 0 heterocycles. The SMILES string of the molecule is CC(NC(=O)Cc1cccc(OC(F)(F)F)c1)SOC(=O)c1ccccc1. The smallest absolute Gasteiger partial charge is 0.406 e. The maximum absolute atomic E-state index is 12.2. The molecule has 0 fully saturated rings. The summed E-state index contributed by atoms with van der Waals surface area (Å²) in [7, 11) is 0. The minimum Gasteiger partial charge on any atom is -0.406 e. The monoisotopic (exact) mass is 399 g/mol. The van der Waals surface area contributed by atoms with Crippen molar-refractivity contribution in [2.75, 3.05) is 0 Å². The summed E-state index contributed by atoms with van der Waals surface area (Å²) < 4.78 is 45.6. The molecule has 0 aliphatic carbocycles. The molecule has 5 nitrogen and oxygen atoms in total. The first-order valence-electron chi connectivity index (χ1n) is 7.80. The maximum Gasteiger partial charge on any atom is 0.573 e. The number of amides is 1. The summed E-state index contributed by atoms with van der Waals surface area (Å²) in [5.41, 5.74) is 0.734. The van der Waals surface area contributed by atoms with E-state index in [0.29, 0.717) is 11.1 Å². The number of hydrogen-bond donors (Lipinski definition) is 1. The average Bonchev–Trinajstić information content (AvgIpc) is 2.59. The van der Waals surface area contributed by atoms with Gasteiger partial charge in [-0.25, -0.2) is 4.79 Å². The van der Waals surface area contributed by atoms with Gasteiger partial charge in [0.25, 0.3) is 0 Å². The fourth-order valence-corrected chi connectivity index (χ4v) is 2.59. The minimum atomic E-state index is -4.80. The molecular weight excluding hydrogens is 383 g/mol. The van der Waals surface area contributed by atoms with E-state index in [1.54, 1.807) is 37.3 Å². The molecule has 0 radical (unpaired) electrons. The number of ether oxygens (including phenoxy) is 1. The number of halogens is 3. The fraction of sp³-hybridized carbons (Fsp3) is 0.222. The van der Waals surface area contributed by atoms with Gasteiger partial charge in [-0.1, -0.05) is 30.3 Å². The van der Waals surface area contributed by atoms with Gasteiger partial charge in [0, 0.05) is 0 Å². The molecule has 144 valence electrons. The molecular formula is C18H16F3NO4S. The molecule has 0 aliphatic rings. The van der Waals surface area contributed by atoms with Gasteiger partial charge < -0.3 is 14.2 Å². The van der Waals surface area contributed by atoms with Crippen molar-refractivity contribution in [1.29, 1.82) is 0 Å². The first-order valence-corrected chi connectivity index (χ1v) is 8.60. The Hall–Kier alpha value is -2.68. The van der Waals surface area contributed by atoms with Crippen LogP contribution < -0.4 is 10.1 Å². The van der Waals surface area contributed by atoms with Gasteiger partial charge in [-0.15, -0.1) is 13.2 Å². The Morgan fingerprint density at radius 3 is 2.48 bits per heavy atom. The summed E-state index contributed by atoms with van der Waals surface area (Å²) in [5, 5.41) is 2.04. The van der Waals surface area contributed by atoms with Gasteiger partial charge in [0.1, 0.15) is 11.1 Å². The zero-order valence-corrected chi connectivity index (χ0v) is 15.0. The van der Waals surface area contributed by atoms with Crippen LogP contribution in [0.15, 0.2) is 54.6 Å². The van der Waals surface area contributed by atoms with E-state index < -0.39 is 29.4 Å². The molecule has 2 aromatic rings. The Morgan fingerprint density at radius 2 is 1.81 bits per heavy atom. The number of alkyl halides is 3. The van der Waals surface area contributed by atoms with E-state index in [9.17, 15) is 22.8 Å². The first-order chi connectivity index (χ1) is 12.7. The third-order valence-electron chi connectivity index (χ3n) is 3.14. The second kappa shape index (κ2) is 9.31. The largest absolute Gasteiger partial charge is 0.573 e. The third-order valence-corrected chi connectivity index (χ3v) is 3.79. The van der Waals surface area contributed by atoms with Crippen LogP contribution >= 0.6 is 12.0 Å². The standard InChI is InChI=1S/C18H16F3NO4S/c1-12(27-26-17(24)14-7-3-2-4-8-14)22-16(23)11-13-6-5-9-15(10-13)25-18(19,20)21/h2-10,12H,11H2,1H3,(H,22,23). The minimum absolute atomic E-state index is 0.146. The highest BCUT2D eigenvalue weighted by Crippen LogP contribution is 2.23. The Balaban J connectivity index is 1.81. The van der Waals surface area contributed by atoms with Crippen molar-refractivity contribution >= 4 is 23.9 Å². The number of benzene rings is 2. The fourth-order valence-electron chi connectivity index (χ4n) is 2.08. The van der Waals surface area contributed by atoms with Crippen LogP contribution in [0.2, 0.25) is 0 Å². The first kappa shape index (κ1) is 20.6. The van der Waals surface area contributed by atoms with Gasteiger partial charge in [0.2, 0.25) is 5.91 Å². The van der Waals surface area contributed by atoms with Crippen LogP contribution in [-0.4, -0.2) is 23.6 Å². The predicted octanol–water partition coefficient (Wildman–Crippen LogP) is 4.10. The Kier molecular flexibility index (Phi) is 7.12. The topological polar surface area (TPSA) is 64.6 Å². The van der Waals surface area contributed by atoms with Crippen LogP contribution in [-0.2, 0) is 15.4 Å². The van der Waals surface area contributed by atoms with E-state index >= 15 is 0 Å². The van der Waals surface area contributed by atoms with Crippen molar-refractivity contribution in [2.24, 2.45) is 0 Å². The van der Waals surface area contributed by atoms with Gasteiger partial charge in [0.05, 0.1) is 24.0 Å². The quantitative estimate of drug-likeness (QED) is 0.561. The summed E-state index contributed by atoms with van der Waals surface area (Å²) in [5.74, 6) is -1.37. The maximum atomic E-state index is 12.2. The zero-order valence-electron chi connectivity index (χ0n) is 14.2. The second-order valence-electron chi connectivity index (χ2n) is 5.41. The summed E-state index contributed by atoms with van der Waals surface area (Å²) in [6.45, 7) is 1.62. The van der Waals surface area contributed by atoms with E-state index in [-0.39, 0.29) is 6.42 Å². The Labute approximate surface area is 158 Å². The molecule has 1 amide bonds. The normalized spacial score (nSPS) is 12.1. The van der Waals surface area contributed by atoms with E-state index in [2.05, 4.69) is 10.1 Å². The summed E-state index contributed by atoms with van der Waals surface area (Å²) in [4.78, 5) is 23.8. The molecule has 1 unspecified atom stereocenters. The molecule has 2 rings (SSSR count). The average molecular weight is 399 g/mol. The molecule has 0 saturated heterocycles.